The molecule has 0 bridgehead atoms. The summed E-state index contributed by atoms with van der Waals surface area (Å²) in [6.07, 6.45) is 0. The first-order chi connectivity index (χ1) is 56.2. The van der Waals surface area contributed by atoms with Crippen molar-refractivity contribution < 1.29 is 0 Å². The molecule has 0 N–H and O–H groups in total. The average Bonchev–Trinajstić information content (AvgIpc) is 0.759. The van der Waals surface area contributed by atoms with Crippen LogP contribution in [0.5, 0.6) is 0 Å². The minimum absolute atomic E-state index is 0.698. The van der Waals surface area contributed by atoms with Crippen LogP contribution in [0, 0.1) is 13.8 Å². The highest BCUT2D eigenvalue weighted by Crippen LogP contribution is 2.41. The number of aryl methyl sites for hydroxylation is 2. The van der Waals surface area contributed by atoms with E-state index in [4.69, 9.17) is 39.9 Å². The van der Waals surface area contributed by atoms with E-state index in [0.29, 0.717) is 11.6 Å². The molecule has 0 saturated carbocycles. The van der Waals surface area contributed by atoms with Crippen molar-refractivity contribution in [2.75, 3.05) is 0 Å². The van der Waals surface area contributed by atoms with Crippen LogP contribution in [0.1, 0.15) is 11.4 Å². The highest BCUT2D eigenvalue weighted by Gasteiger charge is 2.19. The van der Waals surface area contributed by atoms with Gasteiger partial charge >= 0.3 is 0 Å². The number of fused-ring (bicyclic) bond motifs is 6. The van der Waals surface area contributed by atoms with E-state index in [0.717, 1.165) is 184 Å². The standard InChI is InChI=1S/2C53H36N4/c1-35-17-18-44-31-32-46-47(33-48(41-13-7-3-8-14-41)55-52(46)51(44)54-35)40-25-19-38(20-26-40)39-21-27-43(28-22-39)50-34-49(42-15-9-4-10-16-42)56-53(57-50)45-29-23-37(24-30-45)36-11-5-2-6-12-36;1-35-17-18-44-31-32-46-47(33-48(41-13-7-3-8-14-41)55-52(46)51(44)54-35)40-25-19-38(20-26-40)39-23-29-43(30-24-39)50-34-49(56-53(57-50)45-15-9-4-10-16-45)42-27-21-37(22-28-42)36-11-5-2-6-12-36/h2*2-34H,1H3. The Morgan fingerprint density at radius 3 is 0.658 bits per heavy atom. The van der Waals surface area contributed by atoms with E-state index in [1.807, 2.05) is 74.5 Å². The van der Waals surface area contributed by atoms with E-state index >= 15 is 0 Å². The van der Waals surface area contributed by atoms with Crippen LogP contribution in [0.15, 0.2) is 400 Å². The molecule has 0 aliphatic heterocycles. The summed E-state index contributed by atoms with van der Waals surface area (Å²) in [6, 6.07) is 140. The molecule has 0 fully saturated rings. The smallest absolute Gasteiger partial charge is 0.160 e. The lowest BCUT2D eigenvalue weighted by Gasteiger charge is -2.13. The number of pyridine rings is 4. The van der Waals surface area contributed by atoms with Gasteiger partial charge in [-0.2, -0.15) is 0 Å². The number of rotatable bonds is 14. The van der Waals surface area contributed by atoms with Gasteiger partial charge in [-0.15, -0.1) is 0 Å². The van der Waals surface area contributed by atoms with Crippen LogP contribution in [0.4, 0.5) is 0 Å². The molecular weight excluding hydrogens is 1390 g/mol. The Morgan fingerprint density at radius 1 is 0.149 bits per heavy atom. The Morgan fingerprint density at radius 2 is 0.360 bits per heavy atom. The fourth-order valence-corrected chi connectivity index (χ4v) is 15.1. The quantitative estimate of drug-likeness (QED) is 0.0992. The van der Waals surface area contributed by atoms with Crippen molar-refractivity contribution in [3.8, 4) is 157 Å². The average molecular weight is 1460 g/mol. The van der Waals surface area contributed by atoms with Crippen molar-refractivity contribution in [2.24, 2.45) is 0 Å². The number of benzene rings is 14. The molecule has 6 aromatic heterocycles. The van der Waals surface area contributed by atoms with Crippen molar-refractivity contribution >= 4 is 43.6 Å². The van der Waals surface area contributed by atoms with Crippen molar-refractivity contribution in [1.82, 2.24) is 39.9 Å². The second kappa shape index (κ2) is 30.7. The molecule has 14 aromatic carbocycles. The van der Waals surface area contributed by atoms with Gasteiger partial charge in [0.05, 0.1) is 56.2 Å². The largest absolute Gasteiger partial charge is 0.251 e. The van der Waals surface area contributed by atoms with Gasteiger partial charge in [0.25, 0.3) is 0 Å². The minimum atomic E-state index is 0.698. The van der Waals surface area contributed by atoms with E-state index in [1.165, 1.54) is 16.7 Å². The maximum atomic E-state index is 5.19. The van der Waals surface area contributed by atoms with Gasteiger partial charge in [0.1, 0.15) is 0 Å². The summed E-state index contributed by atoms with van der Waals surface area (Å²) in [4.78, 5) is 40.5. The minimum Gasteiger partial charge on any atom is -0.251 e. The summed E-state index contributed by atoms with van der Waals surface area (Å²) < 4.78 is 0. The van der Waals surface area contributed by atoms with Crippen LogP contribution in [0.3, 0.4) is 0 Å². The van der Waals surface area contributed by atoms with Gasteiger partial charge < -0.3 is 0 Å². The summed E-state index contributed by atoms with van der Waals surface area (Å²) in [5, 5.41) is 4.34. The van der Waals surface area contributed by atoms with E-state index in [-0.39, 0.29) is 0 Å². The van der Waals surface area contributed by atoms with Crippen LogP contribution >= 0.6 is 0 Å². The second-order valence-electron chi connectivity index (χ2n) is 28.7. The molecule has 0 atom stereocenters. The van der Waals surface area contributed by atoms with Crippen molar-refractivity contribution in [1.29, 1.82) is 0 Å². The molecule has 536 valence electrons. The van der Waals surface area contributed by atoms with Gasteiger partial charge in [-0.05, 0) is 117 Å². The van der Waals surface area contributed by atoms with E-state index < -0.39 is 0 Å². The molecule has 0 radical (unpaired) electrons. The van der Waals surface area contributed by atoms with Crippen molar-refractivity contribution in [2.45, 2.75) is 13.8 Å². The second-order valence-corrected chi connectivity index (χ2v) is 28.7. The molecule has 114 heavy (non-hydrogen) atoms. The Kier molecular flexibility index (Phi) is 18.7. The third kappa shape index (κ3) is 14.4. The van der Waals surface area contributed by atoms with E-state index in [9.17, 15) is 0 Å². The molecule has 0 unspecified atom stereocenters. The number of hydrogen-bond donors (Lipinski definition) is 0. The zero-order chi connectivity index (χ0) is 76.3. The fraction of sp³-hybridized carbons (Fsp3) is 0.0189. The molecular formula is C106H72N8. The zero-order valence-electron chi connectivity index (χ0n) is 62.7. The molecule has 20 rings (SSSR count). The topological polar surface area (TPSA) is 103 Å². The number of aromatic nitrogens is 8. The van der Waals surface area contributed by atoms with E-state index in [1.54, 1.807) is 0 Å². The van der Waals surface area contributed by atoms with Crippen molar-refractivity contribution in [3.63, 3.8) is 0 Å². The highest BCUT2D eigenvalue weighted by molar-refractivity contribution is 6.11. The Hall–Kier alpha value is -15.1. The molecule has 0 amide bonds. The fourth-order valence-electron chi connectivity index (χ4n) is 15.1. The van der Waals surface area contributed by atoms with Crippen molar-refractivity contribution in [3.05, 3.63) is 412 Å². The molecule has 20 aromatic rings. The normalized spacial score (nSPS) is 11.2. The zero-order valence-corrected chi connectivity index (χ0v) is 62.7. The van der Waals surface area contributed by atoms with Gasteiger partial charge in [-0.25, -0.2) is 29.9 Å². The van der Waals surface area contributed by atoms with Gasteiger partial charge in [-0.3, -0.25) is 9.97 Å². The third-order valence-electron chi connectivity index (χ3n) is 21.2. The Bertz CT molecular complexity index is 6450. The molecule has 0 spiro atoms. The highest BCUT2D eigenvalue weighted by atomic mass is 14.9. The van der Waals surface area contributed by atoms with Crippen LogP contribution in [0.25, 0.3) is 201 Å². The monoisotopic (exact) mass is 1460 g/mol. The Labute approximate surface area is 662 Å². The van der Waals surface area contributed by atoms with Gasteiger partial charge in [-0.1, -0.05) is 364 Å². The summed E-state index contributed by atoms with van der Waals surface area (Å²) >= 11 is 0. The van der Waals surface area contributed by atoms with E-state index in [2.05, 4.69) is 340 Å². The number of hydrogen-bond acceptors (Lipinski definition) is 8. The van der Waals surface area contributed by atoms with Gasteiger partial charge in [0.2, 0.25) is 0 Å². The lowest BCUT2D eigenvalue weighted by molar-refractivity contribution is 1.18. The van der Waals surface area contributed by atoms with Gasteiger partial charge in [0, 0.05) is 77.4 Å². The first kappa shape index (κ1) is 69.3. The van der Waals surface area contributed by atoms with Crippen LogP contribution in [-0.2, 0) is 0 Å². The summed E-state index contributed by atoms with van der Waals surface area (Å²) in [6.45, 7) is 4.06. The van der Waals surface area contributed by atoms with Crippen LogP contribution in [0.2, 0.25) is 0 Å². The lowest BCUT2D eigenvalue weighted by Crippen LogP contribution is -1.96. The summed E-state index contributed by atoms with van der Waals surface area (Å²) in [5.41, 5.74) is 33.1. The molecule has 0 aliphatic carbocycles. The third-order valence-corrected chi connectivity index (χ3v) is 21.2. The molecule has 8 heteroatoms. The predicted molar refractivity (Wildman–Crippen MR) is 471 cm³/mol. The lowest BCUT2D eigenvalue weighted by atomic mass is 9.95. The molecule has 0 saturated heterocycles. The maximum absolute atomic E-state index is 5.19. The first-order valence-electron chi connectivity index (χ1n) is 38.4. The molecule has 8 nitrogen and oxygen atoms in total. The molecule has 0 aliphatic rings. The summed E-state index contributed by atoms with van der Waals surface area (Å²) in [5.74, 6) is 1.40. The Balaban J connectivity index is 0.000000153. The SMILES string of the molecule is Cc1ccc2ccc3c(-c4ccc(-c5ccc(-c6cc(-c7ccc(-c8ccccc8)cc7)nc(-c7ccccc7)n6)cc5)cc4)cc(-c4ccccc4)nc3c2n1.Cc1ccc2ccc3c(-c4ccc(-c5ccc(-c6cc(-c7ccccc7)nc(-c7ccc(-c8ccccc8)cc7)n6)cc5)cc4)cc(-c4ccccc4)nc3c2n1. The number of nitrogens with zero attached hydrogens (tertiary/aromatic N) is 8. The van der Waals surface area contributed by atoms with Crippen LogP contribution < -0.4 is 0 Å². The molecule has 6 heterocycles. The van der Waals surface area contributed by atoms with Gasteiger partial charge in [0.15, 0.2) is 11.6 Å². The summed E-state index contributed by atoms with van der Waals surface area (Å²) in [7, 11) is 0. The predicted octanol–water partition coefficient (Wildman–Crippen LogP) is 27.1. The first-order valence-corrected chi connectivity index (χ1v) is 38.4. The van der Waals surface area contributed by atoms with Crippen LogP contribution in [-0.4, -0.2) is 39.9 Å². The maximum Gasteiger partial charge on any atom is 0.160 e.